The molecule has 0 saturated heterocycles. The second-order valence-corrected chi connectivity index (χ2v) is 4.85. The molecule has 0 aromatic carbocycles. The first-order valence-electron chi connectivity index (χ1n) is 4.28. The van der Waals surface area contributed by atoms with Gasteiger partial charge in [-0.05, 0) is 58.2 Å². The van der Waals surface area contributed by atoms with E-state index in [0.717, 1.165) is 0 Å². The summed E-state index contributed by atoms with van der Waals surface area (Å²) in [6.07, 6.45) is -2.74. The van der Waals surface area contributed by atoms with Crippen LogP contribution in [-0.2, 0) is 4.74 Å². The van der Waals surface area contributed by atoms with E-state index < -0.39 is 12.4 Å². The number of hydrogen-bond donors (Lipinski definition) is 0. The minimum atomic E-state index is -2.74. The second-order valence-electron chi connectivity index (χ2n) is 2.72. The Hall–Kier alpha value is -0.0600. The number of nitrogens with zero attached hydrogens (tertiary/aromatic N) is 1. The summed E-state index contributed by atoms with van der Waals surface area (Å²) in [7, 11) is 0. The van der Waals surface area contributed by atoms with Gasteiger partial charge in [0.05, 0.1) is 17.7 Å². The number of carbonyl (C=O) groups excluding carboxylic acids is 1. The highest BCUT2D eigenvalue weighted by Crippen LogP contribution is 2.28. The van der Waals surface area contributed by atoms with E-state index >= 15 is 0 Å². The van der Waals surface area contributed by atoms with Crippen LogP contribution in [0.2, 0.25) is 0 Å². The number of halogens is 4. The third-order valence-corrected chi connectivity index (χ3v) is 3.07. The number of hydrogen-bond acceptors (Lipinski definition) is 3. The molecule has 0 atom stereocenters. The molecule has 3 nitrogen and oxygen atoms in total. The summed E-state index contributed by atoms with van der Waals surface area (Å²) in [5, 5.41) is 0. The Labute approximate surface area is 118 Å². The standard InChI is InChI=1S/C9H7F2I2NO2/c1-2-16-9(15)4-3-5(12)14-8(13)6(4)7(10)11/h3,7H,2H2,1H3. The van der Waals surface area contributed by atoms with Crippen molar-refractivity contribution in [2.24, 2.45) is 0 Å². The fourth-order valence-electron chi connectivity index (χ4n) is 1.08. The average Bonchev–Trinajstić information content (AvgIpc) is 2.15. The molecule has 1 heterocycles. The molecule has 0 spiro atoms. The number of aromatic nitrogens is 1. The minimum Gasteiger partial charge on any atom is -0.462 e. The second kappa shape index (κ2) is 6.03. The van der Waals surface area contributed by atoms with Gasteiger partial charge in [-0.3, -0.25) is 0 Å². The van der Waals surface area contributed by atoms with E-state index in [1.807, 2.05) is 22.6 Å². The zero-order valence-corrected chi connectivity index (χ0v) is 12.5. The van der Waals surface area contributed by atoms with Crippen LogP contribution in [0.25, 0.3) is 0 Å². The normalized spacial score (nSPS) is 10.6. The van der Waals surface area contributed by atoms with Gasteiger partial charge >= 0.3 is 5.97 Å². The van der Waals surface area contributed by atoms with Crippen molar-refractivity contribution in [1.82, 2.24) is 4.98 Å². The van der Waals surface area contributed by atoms with Crippen molar-refractivity contribution < 1.29 is 18.3 Å². The van der Waals surface area contributed by atoms with Gasteiger partial charge in [0.1, 0.15) is 7.40 Å². The summed E-state index contributed by atoms with van der Waals surface area (Å²) in [5.74, 6) is -0.740. The summed E-state index contributed by atoms with van der Waals surface area (Å²) in [4.78, 5) is 15.4. The number of pyridine rings is 1. The van der Waals surface area contributed by atoms with Gasteiger partial charge < -0.3 is 4.74 Å². The van der Waals surface area contributed by atoms with Gasteiger partial charge in [-0.2, -0.15) is 0 Å². The molecular formula is C9H7F2I2NO2. The van der Waals surface area contributed by atoms with Gasteiger partial charge in [-0.15, -0.1) is 0 Å². The Kier molecular flexibility index (Phi) is 5.28. The lowest BCUT2D eigenvalue weighted by Gasteiger charge is -2.10. The Morgan fingerprint density at radius 3 is 2.69 bits per heavy atom. The highest BCUT2D eigenvalue weighted by molar-refractivity contribution is 14.1. The van der Waals surface area contributed by atoms with Crippen molar-refractivity contribution in [3.63, 3.8) is 0 Å². The van der Waals surface area contributed by atoms with Crippen LogP contribution >= 0.6 is 45.2 Å². The Morgan fingerprint density at radius 2 is 2.19 bits per heavy atom. The van der Waals surface area contributed by atoms with E-state index in [0.29, 0.717) is 3.70 Å². The van der Waals surface area contributed by atoms with Crippen molar-refractivity contribution in [2.75, 3.05) is 6.61 Å². The molecule has 0 bridgehead atoms. The summed E-state index contributed by atoms with van der Waals surface area (Å²) >= 11 is 3.55. The number of rotatable bonds is 3. The maximum Gasteiger partial charge on any atom is 0.338 e. The maximum absolute atomic E-state index is 12.8. The Bertz CT molecular complexity index is 413. The van der Waals surface area contributed by atoms with E-state index in [1.165, 1.54) is 6.07 Å². The van der Waals surface area contributed by atoms with Crippen LogP contribution in [0.3, 0.4) is 0 Å². The molecule has 0 unspecified atom stereocenters. The Morgan fingerprint density at radius 1 is 1.56 bits per heavy atom. The van der Waals surface area contributed by atoms with Crippen LogP contribution in [0.4, 0.5) is 8.78 Å². The Balaban J connectivity index is 3.29. The molecule has 1 aromatic rings. The topological polar surface area (TPSA) is 39.2 Å². The quantitative estimate of drug-likeness (QED) is 0.401. The number of alkyl halides is 2. The van der Waals surface area contributed by atoms with Gasteiger partial charge in [0.25, 0.3) is 6.43 Å². The molecule has 0 aliphatic rings. The van der Waals surface area contributed by atoms with Gasteiger partial charge in [0, 0.05) is 0 Å². The predicted octanol–water partition coefficient (Wildman–Crippen LogP) is 3.41. The first kappa shape index (κ1) is 14.0. The van der Waals surface area contributed by atoms with Crippen LogP contribution in [0.5, 0.6) is 0 Å². The predicted molar refractivity (Wildman–Crippen MR) is 70.6 cm³/mol. The summed E-state index contributed by atoms with van der Waals surface area (Å²) in [5.41, 5.74) is -0.472. The van der Waals surface area contributed by atoms with Crippen LogP contribution in [0.15, 0.2) is 6.07 Å². The van der Waals surface area contributed by atoms with Crippen LogP contribution in [0, 0.1) is 7.40 Å². The smallest absolute Gasteiger partial charge is 0.338 e. The molecule has 1 rings (SSSR count). The molecule has 0 N–H and O–H groups in total. The molecule has 7 heteroatoms. The summed E-state index contributed by atoms with van der Waals surface area (Å²) in [6, 6.07) is 1.31. The molecular weight excluding hydrogens is 446 g/mol. The third kappa shape index (κ3) is 3.22. The molecule has 16 heavy (non-hydrogen) atoms. The zero-order chi connectivity index (χ0) is 12.3. The minimum absolute atomic E-state index is 0.111. The molecule has 1 aromatic heterocycles. The molecule has 88 valence electrons. The summed E-state index contributed by atoms with van der Waals surface area (Å²) in [6.45, 7) is 1.77. The first-order chi connectivity index (χ1) is 7.47. The zero-order valence-electron chi connectivity index (χ0n) is 8.14. The van der Waals surface area contributed by atoms with Crippen molar-refractivity contribution in [1.29, 1.82) is 0 Å². The lowest BCUT2D eigenvalue weighted by atomic mass is 10.1. The molecule has 0 fully saturated rings. The third-order valence-electron chi connectivity index (χ3n) is 1.69. The van der Waals surface area contributed by atoms with Crippen LogP contribution < -0.4 is 0 Å². The molecule has 0 radical (unpaired) electrons. The van der Waals surface area contributed by atoms with Crippen LogP contribution in [0.1, 0.15) is 29.3 Å². The van der Waals surface area contributed by atoms with Crippen molar-refractivity contribution in [3.05, 3.63) is 24.6 Å². The highest BCUT2D eigenvalue weighted by Gasteiger charge is 2.24. The molecule has 0 saturated carbocycles. The van der Waals surface area contributed by atoms with Crippen molar-refractivity contribution in [2.45, 2.75) is 13.3 Å². The van der Waals surface area contributed by atoms with E-state index in [2.05, 4.69) is 4.98 Å². The molecule has 0 aliphatic carbocycles. The number of carbonyl (C=O) groups is 1. The van der Waals surface area contributed by atoms with Gasteiger partial charge in [-0.25, -0.2) is 18.6 Å². The van der Waals surface area contributed by atoms with E-state index in [4.69, 9.17) is 4.74 Å². The van der Waals surface area contributed by atoms with Gasteiger partial charge in [0.15, 0.2) is 0 Å². The van der Waals surface area contributed by atoms with E-state index in [9.17, 15) is 13.6 Å². The van der Waals surface area contributed by atoms with E-state index in [1.54, 1.807) is 29.5 Å². The highest BCUT2D eigenvalue weighted by atomic mass is 127. The van der Waals surface area contributed by atoms with Crippen molar-refractivity contribution >= 4 is 51.2 Å². The summed E-state index contributed by atoms with van der Waals surface area (Å²) < 4.78 is 30.9. The average molecular weight is 453 g/mol. The fourth-order valence-corrected chi connectivity index (χ4v) is 2.88. The maximum atomic E-state index is 12.8. The fraction of sp³-hybridized carbons (Fsp3) is 0.333. The van der Waals surface area contributed by atoms with Gasteiger partial charge in [0.2, 0.25) is 0 Å². The van der Waals surface area contributed by atoms with Crippen LogP contribution in [-0.4, -0.2) is 17.6 Å². The lowest BCUT2D eigenvalue weighted by Crippen LogP contribution is -2.11. The monoisotopic (exact) mass is 453 g/mol. The number of esters is 1. The first-order valence-corrected chi connectivity index (χ1v) is 6.44. The van der Waals surface area contributed by atoms with E-state index in [-0.39, 0.29) is 21.4 Å². The number of ether oxygens (including phenoxy) is 1. The largest absolute Gasteiger partial charge is 0.462 e. The SMILES string of the molecule is CCOC(=O)c1cc(I)nc(I)c1C(F)F. The van der Waals surface area contributed by atoms with Gasteiger partial charge in [-0.1, -0.05) is 0 Å². The molecule has 0 amide bonds. The molecule has 0 aliphatic heterocycles. The lowest BCUT2D eigenvalue weighted by molar-refractivity contribution is 0.0514. The van der Waals surface area contributed by atoms with Crippen molar-refractivity contribution in [3.8, 4) is 0 Å².